The number of benzene rings is 1. The van der Waals surface area contributed by atoms with E-state index in [1.165, 1.54) is 36.6 Å². The SMILES string of the molecule is Cc1occc1C(=O)OCC(=O)Nc1cccc(S(=O)(=O)NC2=NCCC2)c1. The van der Waals surface area contributed by atoms with Crippen LogP contribution in [0, 0.1) is 6.92 Å². The summed E-state index contributed by atoms with van der Waals surface area (Å²) in [6.45, 7) is 1.69. The average Bonchev–Trinajstić information content (AvgIpc) is 3.31. The van der Waals surface area contributed by atoms with E-state index in [2.05, 4.69) is 15.0 Å². The number of esters is 1. The first-order valence-corrected chi connectivity index (χ1v) is 10.0. The quantitative estimate of drug-likeness (QED) is 0.706. The summed E-state index contributed by atoms with van der Waals surface area (Å²) in [5, 5.41) is 2.50. The molecule has 1 aromatic carbocycles. The van der Waals surface area contributed by atoms with Gasteiger partial charge in [-0.2, -0.15) is 0 Å². The fourth-order valence-corrected chi connectivity index (χ4v) is 3.72. The van der Waals surface area contributed by atoms with E-state index < -0.39 is 28.5 Å². The Hall–Kier alpha value is -3.14. The van der Waals surface area contributed by atoms with E-state index in [0.717, 1.165) is 6.42 Å². The average molecular weight is 405 g/mol. The molecule has 2 heterocycles. The van der Waals surface area contributed by atoms with E-state index in [4.69, 9.17) is 9.15 Å². The van der Waals surface area contributed by atoms with Gasteiger partial charge in [-0.25, -0.2) is 13.2 Å². The molecule has 9 nitrogen and oxygen atoms in total. The molecular weight excluding hydrogens is 386 g/mol. The summed E-state index contributed by atoms with van der Waals surface area (Å²) in [5.74, 6) is -0.463. The Morgan fingerprint density at radius 2 is 2.11 bits per heavy atom. The maximum absolute atomic E-state index is 12.4. The first-order chi connectivity index (χ1) is 13.3. The molecule has 0 fully saturated rings. The van der Waals surface area contributed by atoms with Crippen molar-refractivity contribution in [1.82, 2.24) is 4.72 Å². The third-order valence-corrected chi connectivity index (χ3v) is 5.35. The number of rotatable bonds is 6. The van der Waals surface area contributed by atoms with Crippen LogP contribution >= 0.6 is 0 Å². The smallest absolute Gasteiger partial charge is 0.342 e. The van der Waals surface area contributed by atoms with E-state index in [1.54, 1.807) is 6.92 Å². The Morgan fingerprint density at radius 3 is 2.79 bits per heavy atom. The molecule has 3 rings (SSSR count). The molecule has 2 N–H and O–H groups in total. The van der Waals surface area contributed by atoms with Gasteiger partial charge in [0, 0.05) is 18.7 Å². The predicted molar refractivity (Wildman–Crippen MR) is 101 cm³/mol. The molecule has 1 aromatic heterocycles. The van der Waals surface area contributed by atoms with Gasteiger partial charge in [0.1, 0.15) is 17.2 Å². The van der Waals surface area contributed by atoms with Gasteiger partial charge in [0.2, 0.25) is 0 Å². The summed E-state index contributed by atoms with van der Waals surface area (Å²) in [6.07, 6.45) is 2.74. The number of aryl methyl sites for hydroxylation is 1. The van der Waals surface area contributed by atoms with Crippen LogP contribution in [0.15, 0.2) is 50.9 Å². The van der Waals surface area contributed by atoms with Crippen molar-refractivity contribution < 1.29 is 27.2 Å². The lowest BCUT2D eigenvalue weighted by atomic mass is 10.3. The van der Waals surface area contributed by atoms with Gasteiger partial charge in [-0.3, -0.25) is 14.5 Å². The molecule has 0 saturated carbocycles. The summed E-state index contributed by atoms with van der Waals surface area (Å²) < 4.78 is 37.2. The number of carbonyl (C=O) groups is 2. The van der Waals surface area contributed by atoms with Crippen molar-refractivity contribution in [3.05, 3.63) is 47.9 Å². The number of amidine groups is 1. The summed E-state index contributed by atoms with van der Waals surface area (Å²) in [4.78, 5) is 28.0. The van der Waals surface area contributed by atoms with Crippen molar-refractivity contribution in [2.24, 2.45) is 4.99 Å². The molecule has 0 spiro atoms. The second-order valence-electron chi connectivity index (χ2n) is 6.08. The first kappa shape index (κ1) is 19.6. The lowest BCUT2D eigenvalue weighted by molar-refractivity contribution is -0.119. The van der Waals surface area contributed by atoms with Gasteiger partial charge in [0.25, 0.3) is 15.9 Å². The van der Waals surface area contributed by atoms with Crippen LogP contribution in [0.1, 0.15) is 29.0 Å². The topological polar surface area (TPSA) is 127 Å². The number of ether oxygens (including phenoxy) is 1. The zero-order valence-corrected chi connectivity index (χ0v) is 15.9. The number of hydrogen-bond donors (Lipinski definition) is 2. The van der Waals surface area contributed by atoms with E-state index in [0.29, 0.717) is 24.6 Å². The van der Waals surface area contributed by atoms with Crippen LogP contribution in [0.2, 0.25) is 0 Å². The monoisotopic (exact) mass is 405 g/mol. The number of hydrogen-bond acceptors (Lipinski definition) is 7. The molecule has 2 aromatic rings. The lowest BCUT2D eigenvalue weighted by Crippen LogP contribution is -2.29. The Bertz CT molecular complexity index is 1030. The van der Waals surface area contributed by atoms with E-state index in [1.807, 2.05) is 0 Å². The summed E-state index contributed by atoms with van der Waals surface area (Å²) >= 11 is 0. The molecule has 0 aliphatic carbocycles. The maximum atomic E-state index is 12.4. The molecule has 10 heteroatoms. The van der Waals surface area contributed by atoms with Gasteiger partial charge in [0.15, 0.2) is 6.61 Å². The van der Waals surface area contributed by atoms with Gasteiger partial charge in [-0.05, 0) is 37.6 Å². The van der Waals surface area contributed by atoms with Gasteiger partial charge in [0.05, 0.1) is 11.2 Å². The Morgan fingerprint density at radius 1 is 1.29 bits per heavy atom. The molecule has 148 valence electrons. The second kappa shape index (κ2) is 8.26. The van der Waals surface area contributed by atoms with Gasteiger partial charge in [-0.15, -0.1) is 0 Å². The zero-order chi connectivity index (χ0) is 20.1. The zero-order valence-electron chi connectivity index (χ0n) is 15.1. The van der Waals surface area contributed by atoms with Crippen LogP contribution in [-0.2, 0) is 19.6 Å². The maximum Gasteiger partial charge on any atom is 0.342 e. The van der Waals surface area contributed by atoms with Crippen LogP contribution in [0.4, 0.5) is 5.69 Å². The molecule has 0 unspecified atom stereocenters. The number of amides is 1. The number of nitrogens with zero attached hydrogens (tertiary/aromatic N) is 1. The van der Waals surface area contributed by atoms with Crippen molar-refractivity contribution in [3.8, 4) is 0 Å². The molecule has 1 aliphatic heterocycles. The molecule has 1 amide bonds. The van der Waals surface area contributed by atoms with Crippen molar-refractivity contribution in [1.29, 1.82) is 0 Å². The number of nitrogens with one attached hydrogen (secondary N) is 2. The number of anilines is 1. The van der Waals surface area contributed by atoms with Crippen molar-refractivity contribution >= 4 is 33.4 Å². The molecule has 28 heavy (non-hydrogen) atoms. The Kier molecular flexibility index (Phi) is 5.78. The van der Waals surface area contributed by atoms with Gasteiger partial charge >= 0.3 is 5.97 Å². The van der Waals surface area contributed by atoms with Crippen LogP contribution in [0.25, 0.3) is 0 Å². The molecular formula is C18H19N3O6S. The summed E-state index contributed by atoms with van der Waals surface area (Å²) in [7, 11) is -3.79. The molecule has 0 saturated heterocycles. The molecule has 0 atom stereocenters. The standard InChI is InChI=1S/C18H19N3O6S/c1-12-15(7-9-26-12)18(23)27-11-17(22)20-13-4-2-5-14(10-13)28(24,25)21-16-6-3-8-19-16/h2,4-5,7,9-10H,3,6,8,11H2,1H3,(H,19,21)(H,20,22). The largest absolute Gasteiger partial charge is 0.469 e. The number of carbonyl (C=O) groups excluding carboxylic acids is 2. The van der Waals surface area contributed by atoms with Gasteiger partial charge in [-0.1, -0.05) is 6.07 Å². The third-order valence-electron chi connectivity index (χ3n) is 3.97. The molecule has 1 aliphatic rings. The highest BCUT2D eigenvalue weighted by Gasteiger charge is 2.19. The number of furan rings is 1. The third kappa shape index (κ3) is 4.77. The van der Waals surface area contributed by atoms with Crippen LogP contribution in [0.5, 0.6) is 0 Å². The summed E-state index contributed by atoms with van der Waals surface area (Å²) in [6, 6.07) is 7.21. The number of sulfonamides is 1. The van der Waals surface area contributed by atoms with E-state index in [-0.39, 0.29) is 16.1 Å². The fourth-order valence-electron chi connectivity index (χ4n) is 2.58. The minimum Gasteiger partial charge on any atom is -0.469 e. The summed E-state index contributed by atoms with van der Waals surface area (Å²) in [5.41, 5.74) is 0.499. The van der Waals surface area contributed by atoms with Crippen LogP contribution < -0.4 is 10.0 Å². The molecule has 0 bridgehead atoms. The van der Waals surface area contributed by atoms with Crippen molar-refractivity contribution in [2.45, 2.75) is 24.7 Å². The number of aliphatic imine (C=N–C) groups is 1. The first-order valence-electron chi connectivity index (χ1n) is 8.52. The normalized spacial score (nSPS) is 13.7. The minimum absolute atomic E-state index is 0.00841. The van der Waals surface area contributed by atoms with Crippen LogP contribution in [0.3, 0.4) is 0 Å². The van der Waals surface area contributed by atoms with Crippen molar-refractivity contribution in [3.63, 3.8) is 0 Å². The van der Waals surface area contributed by atoms with E-state index >= 15 is 0 Å². The lowest BCUT2D eigenvalue weighted by Gasteiger charge is -2.10. The van der Waals surface area contributed by atoms with Crippen LogP contribution in [-0.4, -0.2) is 39.3 Å². The Balaban J connectivity index is 1.60. The highest BCUT2D eigenvalue weighted by atomic mass is 32.2. The highest BCUT2D eigenvalue weighted by Crippen LogP contribution is 2.17. The highest BCUT2D eigenvalue weighted by molar-refractivity contribution is 7.90. The predicted octanol–water partition coefficient (Wildman–Crippen LogP) is 1.85. The Labute approximate surface area is 161 Å². The minimum atomic E-state index is -3.79. The fraction of sp³-hybridized carbons (Fsp3) is 0.278. The van der Waals surface area contributed by atoms with E-state index in [9.17, 15) is 18.0 Å². The van der Waals surface area contributed by atoms with Gasteiger partial charge < -0.3 is 14.5 Å². The second-order valence-corrected chi connectivity index (χ2v) is 7.76. The molecule has 0 radical (unpaired) electrons. The van der Waals surface area contributed by atoms with Crippen molar-refractivity contribution in [2.75, 3.05) is 18.5 Å².